The van der Waals surface area contributed by atoms with Crippen LogP contribution in [0, 0.1) is 5.82 Å². The standard InChI is InChI=1S/C6H9ClFN5/c1-9-4-3(8)5(13-10-2)12-6(7)11-4/h10H,1-2H3,(H2,9,11,12,13). The molecule has 0 aliphatic carbocycles. The Kier molecular flexibility index (Phi) is 3.21. The first-order valence-corrected chi connectivity index (χ1v) is 3.90. The highest BCUT2D eigenvalue weighted by atomic mass is 35.5. The lowest BCUT2D eigenvalue weighted by molar-refractivity contribution is 0.619. The molecule has 0 amide bonds. The van der Waals surface area contributed by atoms with Crippen LogP contribution in [0.15, 0.2) is 0 Å². The van der Waals surface area contributed by atoms with Crippen LogP contribution in [0.5, 0.6) is 0 Å². The van der Waals surface area contributed by atoms with Gasteiger partial charge in [0.15, 0.2) is 11.6 Å². The van der Waals surface area contributed by atoms with Gasteiger partial charge in [-0.1, -0.05) is 0 Å². The Morgan fingerprint density at radius 1 is 1.23 bits per heavy atom. The quantitative estimate of drug-likeness (QED) is 0.505. The summed E-state index contributed by atoms with van der Waals surface area (Å²) in [7, 11) is 3.14. The largest absolute Gasteiger partial charge is 0.370 e. The second-order valence-corrected chi connectivity index (χ2v) is 2.47. The number of hydrogen-bond acceptors (Lipinski definition) is 5. The van der Waals surface area contributed by atoms with Crippen LogP contribution in [0.1, 0.15) is 0 Å². The summed E-state index contributed by atoms with van der Waals surface area (Å²) in [5.41, 5.74) is 5.03. The average molecular weight is 206 g/mol. The molecule has 7 heteroatoms. The van der Waals surface area contributed by atoms with Crippen molar-refractivity contribution < 1.29 is 4.39 Å². The van der Waals surface area contributed by atoms with Crippen molar-refractivity contribution in [3.05, 3.63) is 11.1 Å². The highest BCUT2D eigenvalue weighted by Crippen LogP contribution is 2.19. The maximum Gasteiger partial charge on any atom is 0.226 e. The fraction of sp³-hybridized carbons (Fsp3) is 0.333. The Hall–Kier alpha value is -1.14. The number of hydrogen-bond donors (Lipinski definition) is 3. The fourth-order valence-corrected chi connectivity index (χ4v) is 0.956. The molecule has 0 atom stereocenters. The molecule has 0 fully saturated rings. The first-order chi connectivity index (χ1) is 6.19. The van der Waals surface area contributed by atoms with Gasteiger partial charge in [-0.25, -0.2) is 5.43 Å². The number of halogens is 2. The molecule has 0 aliphatic heterocycles. The summed E-state index contributed by atoms with van der Waals surface area (Å²) >= 11 is 5.54. The van der Waals surface area contributed by atoms with Crippen molar-refractivity contribution in [1.29, 1.82) is 0 Å². The van der Waals surface area contributed by atoms with Crippen LogP contribution < -0.4 is 16.2 Å². The van der Waals surface area contributed by atoms with E-state index in [1.165, 1.54) is 0 Å². The number of nitrogens with one attached hydrogen (secondary N) is 3. The molecule has 13 heavy (non-hydrogen) atoms. The predicted molar refractivity (Wildman–Crippen MR) is 49.2 cm³/mol. The first kappa shape index (κ1) is 9.94. The monoisotopic (exact) mass is 205 g/mol. The van der Waals surface area contributed by atoms with Gasteiger partial charge < -0.3 is 10.7 Å². The zero-order valence-corrected chi connectivity index (χ0v) is 7.91. The maximum absolute atomic E-state index is 13.3. The molecule has 1 aromatic rings. The topological polar surface area (TPSA) is 61.9 Å². The van der Waals surface area contributed by atoms with Gasteiger partial charge in [-0.3, -0.25) is 0 Å². The van der Waals surface area contributed by atoms with Gasteiger partial charge in [0.05, 0.1) is 0 Å². The van der Waals surface area contributed by atoms with Crippen molar-refractivity contribution in [2.24, 2.45) is 0 Å². The molecule has 0 bridgehead atoms. The average Bonchev–Trinajstić information content (AvgIpc) is 2.11. The van der Waals surface area contributed by atoms with Gasteiger partial charge in [0.2, 0.25) is 11.1 Å². The summed E-state index contributed by atoms with van der Waals surface area (Å²) in [6.45, 7) is 0. The summed E-state index contributed by atoms with van der Waals surface area (Å²) < 4.78 is 13.3. The smallest absolute Gasteiger partial charge is 0.226 e. The van der Waals surface area contributed by atoms with Crippen LogP contribution in [0.4, 0.5) is 16.0 Å². The van der Waals surface area contributed by atoms with Gasteiger partial charge in [-0.15, -0.1) is 0 Å². The fourth-order valence-electron chi connectivity index (χ4n) is 0.787. The Morgan fingerprint density at radius 3 is 2.38 bits per heavy atom. The first-order valence-electron chi connectivity index (χ1n) is 3.52. The second-order valence-electron chi connectivity index (χ2n) is 2.13. The Bertz CT molecular complexity index is 305. The van der Waals surface area contributed by atoms with E-state index in [1.54, 1.807) is 14.1 Å². The number of aromatic nitrogens is 2. The van der Waals surface area contributed by atoms with Gasteiger partial charge in [0, 0.05) is 14.1 Å². The van der Waals surface area contributed by atoms with Gasteiger partial charge in [-0.2, -0.15) is 14.4 Å². The molecule has 0 saturated carbocycles. The van der Waals surface area contributed by atoms with Crippen molar-refractivity contribution in [2.45, 2.75) is 0 Å². The third-order valence-electron chi connectivity index (χ3n) is 1.30. The Balaban J connectivity index is 3.11. The number of rotatable bonds is 3. The number of hydrazine groups is 1. The SMILES string of the molecule is CNNc1nc(Cl)nc(NC)c1F. The zero-order chi connectivity index (χ0) is 9.84. The molecule has 3 N–H and O–H groups in total. The Labute approximate surface area is 79.7 Å². The molecule has 72 valence electrons. The molecule has 1 rings (SSSR count). The van der Waals surface area contributed by atoms with Gasteiger partial charge >= 0.3 is 0 Å². The summed E-state index contributed by atoms with van der Waals surface area (Å²) in [5, 5.41) is 2.53. The third kappa shape index (κ3) is 2.16. The minimum atomic E-state index is -0.582. The zero-order valence-electron chi connectivity index (χ0n) is 7.15. The number of nitrogens with zero attached hydrogens (tertiary/aromatic N) is 2. The number of anilines is 2. The molecule has 1 heterocycles. The van der Waals surface area contributed by atoms with E-state index in [1.807, 2.05) is 0 Å². The van der Waals surface area contributed by atoms with Gasteiger partial charge in [0.25, 0.3) is 0 Å². The second kappa shape index (κ2) is 4.20. The lowest BCUT2D eigenvalue weighted by Crippen LogP contribution is -2.18. The lowest BCUT2D eigenvalue weighted by Gasteiger charge is -2.07. The van der Waals surface area contributed by atoms with Crippen LogP contribution in [-0.4, -0.2) is 24.1 Å². The van der Waals surface area contributed by atoms with Crippen LogP contribution in [-0.2, 0) is 0 Å². The van der Waals surface area contributed by atoms with E-state index in [4.69, 9.17) is 11.6 Å². The normalized spacial score (nSPS) is 9.85. The van der Waals surface area contributed by atoms with Gasteiger partial charge in [0.1, 0.15) is 0 Å². The van der Waals surface area contributed by atoms with E-state index in [-0.39, 0.29) is 16.9 Å². The summed E-state index contributed by atoms with van der Waals surface area (Å²) in [5.74, 6) is -0.522. The molecule has 1 aromatic heterocycles. The van der Waals surface area contributed by atoms with E-state index < -0.39 is 5.82 Å². The molecular formula is C6H9ClFN5. The summed E-state index contributed by atoms with van der Waals surface area (Å²) in [4.78, 5) is 7.27. The van der Waals surface area contributed by atoms with E-state index in [0.29, 0.717) is 0 Å². The van der Waals surface area contributed by atoms with Crippen LogP contribution >= 0.6 is 11.6 Å². The molecule has 0 aliphatic rings. The third-order valence-corrected chi connectivity index (χ3v) is 1.47. The molecule has 0 aromatic carbocycles. The summed E-state index contributed by atoms with van der Waals surface area (Å²) in [6, 6.07) is 0. The van der Waals surface area contributed by atoms with Crippen molar-refractivity contribution in [1.82, 2.24) is 15.4 Å². The van der Waals surface area contributed by atoms with E-state index in [9.17, 15) is 4.39 Å². The molecule has 0 spiro atoms. The van der Waals surface area contributed by atoms with Crippen LogP contribution in [0.3, 0.4) is 0 Å². The van der Waals surface area contributed by atoms with Gasteiger partial charge in [-0.05, 0) is 11.6 Å². The molecule has 0 saturated heterocycles. The van der Waals surface area contributed by atoms with Crippen molar-refractivity contribution >= 4 is 23.2 Å². The molecule has 5 nitrogen and oxygen atoms in total. The predicted octanol–water partition coefficient (Wildman–Crippen LogP) is 0.857. The minimum Gasteiger partial charge on any atom is -0.370 e. The minimum absolute atomic E-state index is 0.00634. The highest BCUT2D eigenvalue weighted by molar-refractivity contribution is 6.28. The van der Waals surface area contributed by atoms with Crippen LogP contribution in [0.25, 0.3) is 0 Å². The Morgan fingerprint density at radius 2 is 1.85 bits per heavy atom. The van der Waals surface area contributed by atoms with Crippen molar-refractivity contribution in [3.63, 3.8) is 0 Å². The molecule has 0 unspecified atom stereocenters. The van der Waals surface area contributed by atoms with Crippen LogP contribution in [0.2, 0.25) is 5.28 Å². The lowest BCUT2D eigenvalue weighted by atomic mass is 10.5. The highest BCUT2D eigenvalue weighted by Gasteiger charge is 2.11. The molecule has 0 radical (unpaired) electrons. The van der Waals surface area contributed by atoms with Crippen molar-refractivity contribution in [3.8, 4) is 0 Å². The summed E-state index contributed by atoms with van der Waals surface area (Å²) in [6.07, 6.45) is 0. The van der Waals surface area contributed by atoms with E-state index >= 15 is 0 Å². The maximum atomic E-state index is 13.3. The van der Waals surface area contributed by atoms with Crippen molar-refractivity contribution in [2.75, 3.05) is 24.8 Å². The van der Waals surface area contributed by atoms with E-state index in [2.05, 4.69) is 26.1 Å². The van der Waals surface area contributed by atoms with E-state index in [0.717, 1.165) is 0 Å². The molecular weight excluding hydrogens is 197 g/mol.